The molecule has 1 N–H and O–H groups in total. The van der Waals surface area contributed by atoms with Crippen molar-refractivity contribution < 1.29 is 0 Å². The Morgan fingerprint density at radius 2 is 2.06 bits per heavy atom. The lowest BCUT2D eigenvalue weighted by molar-refractivity contribution is 0.700. The third-order valence-corrected chi connectivity index (χ3v) is 2.55. The van der Waals surface area contributed by atoms with Crippen LogP contribution in [0.15, 0.2) is 6.07 Å². The third kappa shape index (κ3) is 3.68. The molecule has 90 valence electrons. The molecule has 0 aromatic carbocycles. The molecule has 0 aliphatic carbocycles. The van der Waals surface area contributed by atoms with Gasteiger partial charge in [0.1, 0.15) is 5.82 Å². The van der Waals surface area contributed by atoms with Crippen molar-refractivity contribution in [3.63, 3.8) is 0 Å². The fourth-order valence-corrected chi connectivity index (χ4v) is 1.57. The molecule has 1 rings (SSSR count). The Morgan fingerprint density at radius 3 is 2.69 bits per heavy atom. The summed E-state index contributed by atoms with van der Waals surface area (Å²) < 4.78 is 0. The van der Waals surface area contributed by atoms with Gasteiger partial charge in [0.05, 0.1) is 0 Å². The van der Waals surface area contributed by atoms with Gasteiger partial charge in [0.25, 0.3) is 0 Å². The molecule has 0 saturated heterocycles. The molecule has 0 saturated carbocycles. The highest BCUT2D eigenvalue weighted by molar-refractivity contribution is 5.43. The largest absolute Gasteiger partial charge is 0.360 e. The summed E-state index contributed by atoms with van der Waals surface area (Å²) in [6.07, 6.45) is 3.73. The normalized spacial score (nSPS) is 10.2. The Kier molecular flexibility index (Phi) is 5.02. The van der Waals surface area contributed by atoms with Gasteiger partial charge in [-0.25, -0.2) is 4.98 Å². The quantitative estimate of drug-likeness (QED) is 0.751. The summed E-state index contributed by atoms with van der Waals surface area (Å²) in [5.74, 6) is 1.69. The SMILES string of the molecule is CCCCCN(C)c1cc(C)nc(NC)n1. The molecule has 16 heavy (non-hydrogen) atoms. The second kappa shape index (κ2) is 6.30. The maximum atomic E-state index is 4.43. The smallest absolute Gasteiger partial charge is 0.224 e. The van der Waals surface area contributed by atoms with Gasteiger partial charge < -0.3 is 10.2 Å². The molecule has 1 aromatic heterocycles. The number of aromatic nitrogens is 2. The number of hydrogen-bond donors (Lipinski definition) is 1. The number of nitrogens with zero attached hydrogens (tertiary/aromatic N) is 3. The first-order valence-electron chi connectivity index (χ1n) is 5.92. The van der Waals surface area contributed by atoms with E-state index in [0.717, 1.165) is 18.1 Å². The second-order valence-corrected chi connectivity index (χ2v) is 4.07. The molecule has 4 heteroatoms. The average molecular weight is 222 g/mol. The third-order valence-electron chi connectivity index (χ3n) is 2.55. The predicted molar refractivity (Wildman–Crippen MR) is 69.1 cm³/mol. The van der Waals surface area contributed by atoms with Crippen molar-refractivity contribution in [1.82, 2.24) is 9.97 Å². The Morgan fingerprint density at radius 1 is 1.31 bits per heavy atom. The Hall–Kier alpha value is -1.32. The topological polar surface area (TPSA) is 41.1 Å². The van der Waals surface area contributed by atoms with E-state index >= 15 is 0 Å². The van der Waals surface area contributed by atoms with E-state index < -0.39 is 0 Å². The summed E-state index contributed by atoms with van der Waals surface area (Å²) >= 11 is 0. The van der Waals surface area contributed by atoms with E-state index in [1.807, 2.05) is 20.0 Å². The average Bonchev–Trinajstić information content (AvgIpc) is 2.28. The molecule has 0 radical (unpaired) electrons. The van der Waals surface area contributed by atoms with E-state index in [9.17, 15) is 0 Å². The van der Waals surface area contributed by atoms with Crippen LogP contribution in [0.2, 0.25) is 0 Å². The molecule has 0 amide bonds. The zero-order chi connectivity index (χ0) is 12.0. The monoisotopic (exact) mass is 222 g/mol. The zero-order valence-corrected chi connectivity index (χ0v) is 10.7. The van der Waals surface area contributed by atoms with Crippen LogP contribution in [0.25, 0.3) is 0 Å². The van der Waals surface area contributed by atoms with Crippen molar-refractivity contribution >= 4 is 11.8 Å². The van der Waals surface area contributed by atoms with Crippen molar-refractivity contribution in [1.29, 1.82) is 0 Å². The van der Waals surface area contributed by atoms with Crippen LogP contribution in [-0.4, -0.2) is 30.6 Å². The maximum Gasteiger partial charge on any atom is 0.224 e. The first-order chi connectivity index (χ1) is 7.67. The van der Waals surface area contributed by atoms with E-state index in [1.54, 1.807) is 0 Å². The van der Waals surface area contributed by atoms with Crippen molar-refractivity contribution in [3.05, 3.63) is 11.8 Å². The molecule has 0 spiro atoms. The Bertz CT molecular complexity index is 325. The fraction of sp³-hybridized carbons (Fsp3) is 0.667. The van der Waals surface area contributed by atoms with Gasteiger partial charge in [0.15, 0.2) is 0 Å². The summed E-state index contributed by atoms with van der Waals surface area (Å²) in [4.78, 5) is 10.9. The minimum Gasteiger partial charge on any atom is -0.360 e. The van der Waals surface area contributed by atoms with Gasteiger partial charge in [-0.3, -0.25) is 0 Å². The molecule has 0 aliphatic heterocycles. The van der Waals surface area contributed by atoms with Crippen LogP contribution in [0.4, 0.5) is 11.8 Å². The number of nitrogens with one attached hydrogen (secondary N) is 1. The van der Waals surface area contributed by atoms with E-state index in [4.69, 9.17) is 0 Å². The molecule has 0 fully saturated rings. The van der Waals surface area contributed by atoms with Gasteiger partial charge >= 0.3 is 0 Å². The molecule has 4 nitrogen and oxygen atoms in total. The van der Waals surface area contributed by atoms with Crippen molar-refractivity contribution in [2.45, 2.75) is 33.1 Å². The summed E-state index contributed by atoms with van der Waals surface area (Å²) in [7, 11) is 3.92. The number of hydrogen-bond acceptors (Lipinski definition) is 4. The van der Waals surface area contributed by atoms with Crippen molar-refractivity contribution in [3.8, 4) is 0 Å². The van der Waals surface area contributed by atoms with Crippen LogP contribution in [0, 0.1) is 6.92 Å². The van der Waals surface area contributed by atoms with Gasteiger partial charge in [-0.1, -0.05) is 19.8 Å². The van der Waals surface area contributed by atoms with E-state index in [-0.39, 0.29) is 0 Å². The van der Waals surface area contributed by atoms with Crippen LogP contribution in [0.5, 0.6) is 0 Å². The van der Waals surface area contributed by atoms with Crippen molar-refractivity contribution in [2.24, 2.45) is 0 Å². The number of aryl methyl sites for hydroxylation is 1. The molecule has 0 bridgehead atoms. The van der Waals surface area contributed by atoms with Crippen molar-refractivity contribution in [2.75, 3.05) is 30.9 Å². The van der Waals surface area contributed by atoms with Crippen LogP contribution >= 0.6 is 0 Å². The summed E-state index contributed by atoms with van der Waals surface area (Å²) in [6.45, 7) is 5.26. The lowest BCUT2D eigenvalue weighted by Gasteiger charge is -2.18. The van der Waals surface area contributed by atoms with Gasteiger partial charge in [0.2, 0.25) is 5.95 Å². The zero-order valence-electron chi connectivity index (χ0n) is 10.7. The summed E-state index contributed by atoms with van der Waals surface area (Å²) in [6, 6.07) is 2.02. The molecule has 0 atom stereocenters. The van der Waals surface area contributed by atoms with E-state index in [0.29, 0.717) is 5.95 Å². The van der Waals surface area contributed by atoms with E-state index in [1.165, 1.54) is 19.3 Å². The highest BCUT2D eigenvalue weighted by Crippen LogP contribution is 2.13. The van der Waals surface area contributed by atoms with Crippen LogP contribution in [-0.2, 0) is 0 Å². The highest BCUT2D eigenvalue weighted by Gasteiger charge is 2.05. The Labute approximate surface area is 98.1 Å². The predicted octanol–water partition coefficient (Wildman–Crippen LogP) is 2.45. The van der Waals surface area contributed by atoms with Gasteiger partial charge in [-0.05, 0) is 13.3 Å². The molecule has 1 heterocycles. The Balaban J connectivity index is 2.66. The molecule has 0 unspecified atom stereocenters. The van der Waals surface area contributed by atoms with E-state index in [2.05, 4.69) is 34.2 Å². The van der Waals surface area contributed by atoms with Crippen LogP contribution in [0.3, 0.4) is 0 Å². The summed E-state index contributed by atoms with van der Waals surface area (Å²) in [5.41, 5.74) is 0.997. The molecule has 1 aromatic rings. The summed E-state index contributed by atoms with van der Waals surface area (Å²) in [5, 5.41) is 2.98. The molecular formula is C12H22N4. The standard InChI is InChI=1S/C12H22N4/c1-5-6-7-8-16(4)11-9-10(2)14-12(13-3)15-11/h9H,5-8H2,1-4H3,(H,13,14,15). The van der Waals surface area contributed by atoms with Crippen LogP contribution in [0.1, 0.15) is 31.9 Å². The lowest BCUT2D eigenvalue weighted by Crippen LogP contribution is -2.20. The number of unbranched alkanes of at least 4 members (excludes halogenated alkanes) is 2. The minimum atomic E-state index is 0.692. The second-order valence-electron chi connectivity index (χ2n) is 4.07. The minimum absolute atomic E-state index is 0.692. The fourth-order valence-electron chi connectivity index (χ4n) is 1.57. The molecular weight excluding hydrogens is 200 g/mol. The first kappa shape index (κ1) is 12.7. The first-order valence-corrected chi connectivity index (χ1v) is 5.92. The number of anilines is 2. The van der Waals surface area contributed by atoms with Gasteiger partial charge in [-0.2, -0.15) is 4.98 Å². The number of rotatable bonds is 6. The lowest BCUT2D eigenvalue weighted by atomic mass is 10.2. The molecule has 0 aliphatic rings. The van der Waals surface area contributed by atoms with Gasteiger partial charge in [-0.15, -0.1) is 0 Å². The maximum absolute atomic E-state index is 4.43. The highest BCUT2D eigenvalue weighted by atomic mass is 15.2. The van der Waals surface area contributed by atoms with Gasteiger partial charge in [0, 0.05) is 32.4 Å². The van der Waals surface area contributed by atoms with Crippen LogP contribution < -0.4 is 10.2 Å².